The first-order chi connectivity index (χ1) is 15.1. The molecule has 4 heteroatoms. The summed E-state index contributed by atoms with van der Waals surface area (Å²) >= 11 is 0. The Bertz CT molecular complexity index is 1040. The summed E-state index contributed by atoms with van der Waals surface area (Å²) < 4.78 is 27.1. The highest BCUT2D eigenvalue weighted by Gasteiger charge is 2.45. The van der Waals surface area contributed by atoms with Gasteiger partial charge >= 0.3 is 0 Å². The van der Waals surface area contributed by atoms with Gasteiger partial charge in [0.1, 0.15) is 11.6 Å². The summed E-state index contributed by atoms with van der Waals surface area (Å²) in [5, 5.41) is 0. The predicted molar refractivity (Wildman–Crippen MR) is 117 cm³/mol. The maximum atomic E-state index is 13.5. The van der Waals surface area contributed by atoms with E-state index in [0.717, 1.165) is 61.0 Å². The standard InChI is InChI=1S/C27H25F2NO/c28-22-9-5-20(6-10-22)25(21-7-11-23(29)12-8-21)30-17-15-27(16-18-30)14-13-19-3-1-2-4-24(19)26(27)31/h1-12,25H,13-18H2. The van der Waals surface area contributed by atoms with Crippen molar-refractivity contribution in [2.24, 2.45) is 5.41 Å². The molecule has 1 aliphatic heterocycles. The molecule has 0 radical (unpaired) electrons. The minimum atomic E-state index is -0.291. The molecular weight excluding hydrogens is 392 g/mol. The number of ketones is 1. The number of likely N-dealkylation sites (tertiary alicyclic amines) is 1. The number of aryl methyl sites for hydroxylation is 1. The Balaban J connectivity index is 1.42. The molecule has 3 aromatic carbocycles. The molecule has 0 saturated carbocycles. The average Bonchev–Trinajstić information content (AvgIpc) is 2.80. The molecule has 1 spiro atoms. The summed E-state index contributed by atoms with van der Waals surface area (Å²) in [4.78, 5) is 15.7. The fourth-order valence-corrected chi connectivity index (χ4v) is 5.32. The van der Waals surface area contributed by atoms with Crippen molar-refractivity contribution >= 4 is 5.78 Å². The number of fused-ring (bicyclic) bond motifs is 1. The maximum Gasteiger partial charge on any atom is 0.169 e. The number of benzene rings is 3. The van der Waals surface area contributed by atoms with Gasteiger partial charge in [0.05, 0.1) is 6.04 Å². The summed E-state index contributed by atoms with van der Waals surface area (Å²) in [6, 6.07) is 21.0. The average molecular weight is 417 g/mol. The minimum Gasteiger partial charge on any atom is -0.294 e. The van der Waals surface area contributed by atoms with Gasteiger partial charge in [-0.05, 0) is 66.6 Å². The lowest BCUT2D eigenvalue weighted by Gasteiger charge is -2.45. The minimum absolute atomic E-state index is 0.0930. The third-order valence-electron chi connectivity index (χ3n) is 7.11. The molecule has 0 unspecified atom stereocenters. The summed E-state index contributed by atoms with van der Waals surface area (Å²) in [5.41, 5.74) is 3.71. The quantitative estimate of drug-likeness (QED) is 0.524. The van der Waals surface area contributed by atoms with Crippen molar-refractivity contribution in [2.45, 2.75) is 31.7 Å². The molecule has 3 aromatic rings. The molecule has 5 rings (SSSR count). The molecular formula is C27H25F2NO. The third kappa shape index (κ3) is 3.70. The van der Waals surface area contributed by atoms with Crippen LogP contribution in [0.4, 0.5) is 8.78 Å². The van der Waals surface area contributed by atoms with Gasteiger partial charge in [-0.15, -0.1) is 0 Å². The molecule has 0 bridgehead atoms. The van der Waals surface area contributed by atoms with E-state index in [-0.39, 0.29) is 28.9 Å². The van der Waals surface area contributed by atoms with E-state index in [1.165, 1.54) is 24.3 Å². The van der Waals surface area contributed by atoms with Crippen LogP contribution in [0.5, 0.6) is 0 Å². The Morgan fingerprint density at radius 2 is 1.29 bits per heavy atom. The lowest BCUT2D eigenvalue weighted by Crippen LogP contribution is -2.47. The van der Waals surface area contributed by atoms with E-state index in [4.69, 9.17) is 0 Å². The fraction of sp³-hybridized carbons (Fsp3) is 0.296. The van der Waals surface area contributed by atoms with Crippen molar-refractivity contribution in [3.8, 4) is 0 Å². The molecule has 0 amide bonds. The van der Waals surface area contributed by atoms with Gasteiger partial charge < -0.3 is 0 Å². The third-order valence-corrected chi connectivity index (χ3v) is 7.11. The van der Waals surface area contributed by atoms with Crippen LogP contribution in [0.1, 0.15) is 52.4 Å². The van der Waals surface area contributed by atoms with E-state index in [1.807, 2.05) is 18.2 Å². The summed E-state index contributed by atoms with van der Waals surface area (Å²) in [6.07, 6.45) is 3.45. The van der Waals surface area contributed by atoms with E-state index >= 15 is 0 Å². The Labute approximate surface area is 181 Å². The van der Waals surface area contributed by atoms with Crippen LogP contribution in [0.3, 0.4) is 0 Å². The van der Waals surface area contributed by atoms with Crippen molar-refractivity contribution in [3.05, 3.63) is 107 Å². The summed E-state index contributed by atoms with van der Waals surface area (Å²) in [6.45, 7) is 1.54. The van der Waals surface area contributed by atoms with E-state index in [2.05, 4.69) is 11.0 Å². The molecule has 2 nitrogen and oxygen atoms in total. The van der Waals surface area contributed by atoms with E-state index < -0.39 is 0 Å². The van der Waals surface area contributed by atoms with Gasteiger partial charge in [-0.2, -0.15) is 0 Å². The zero-order chi connectivity index (χ0) is 21.4. The van der Waals surface area contributed by atoms with Crippen LogP contribution in [0.15, 0.2) is 72.8 Å². The number of nitrogens with zero attached hydrogens (tertiary/aromatic N) is 1. The second kappa shape index (κ2) is 8.01. The van der Waals surface area contributed by atoms with Crippen LogP contribution in [0.25, 0.3) is 0 Å². The van der Waals surface area contributed by atoms with Gasteiger partial charge in [0, 0.05) is 24.1 Å². The number of hydrogen-bond donors (Lipinski definition) is 0. The van der Waals surface area contributed by atoms with Crippen molar-refractivity contribution < 1.29 is 13.6 Å². The molecule has 1 fully saturated rings. The first-order valence-electron chi connectivity index (χ1n) is 10.9. The van der Waals surface area contributed by atoms with Crippen LogP contribution >= 0.6 is 0 Å². The number of carbonyl (C=O) groups excluding carboxylic acids is 1. The van der Waals surface area contributed by atoms with Gasteiger partial charge in [0.25, 0.3) is 0 Å². The Morgan fingerprint density at radius 3 is 1.87 bits per heavy atom. The van der Waals surface area contributed by atoms with Crippen molar-refractivity contribution in [1.82, 2.24) is 4.90 Å². The van der Waals surface area contributed by atoms with Crippen LogP contribution < -0.4 is 0 Å². The second-order valence-corrected chi connectivity index (χ2v) is 8.81. The summed E-state index contributed by atoms with van der Waals surface area (Å²) in [5.74, 6) is -0.259. The van der Waals surface area contributed by atoms with Crippen LogP contribution in [0, 0.1) is 17.0 Å². The molecule has 1 saturated heterocycles. The number of Topliss-reactive ketones (excluding diaryl/α,β-unsaturated/α-hetero) is 1. The molecule has 1 aliphatic carbocycles. The monoisotopic (exact) mass is 417 g/mol. The maximum absolute atomic E-state index is 13.5. The Morgan fingerprint density at radius 1 is 0.742 bits per heavy atom. The van der Waals surface area contributed by atoms with E-state index in [1.54, 1.807) is 24.3 Å². The van der Waals surface area contributed by atoms with Crippen molar-refractivity contribution in [2.75, 3.05) is 13.1 Å². The van der Waals surface area contributed by atoms with Gasteiger partial charge in [0.2, 0.25) is 0 Å². The van der Waals surface area contributed by atoms with Crippen molar-refractivity contribution in [1.29, 1.82) is 0 Å². The smallest absolute Gasteiger partial charge is 0.169 e. The lowest BCUT2D eigenvalue weighted by atomic mass is 9.65. The summed E-state index contributed by atoms with van der Waals surface area (Å²) in [7, 11) is 0. The zero-order valence-electron chi connectivity index (χ0n) is 17.4. The SMILES string of the molecule is O=C1c2ccccc2CCC12CCN(C(c1ccc(F)cc1)c1ccc(F)cc1)CC2. The fourth-order valence-electron chi connectivity index (χ4n) is 5.32. The van der Waals surface area contributed by atoms with E-state index in [9.17, 15) is 13.6 Å². The van der Waals surface area contributed by atoms with Gasteiger partial charge in [-0.25, -0.2) is 8.78 Å². The molecule has 0 aromatic heterocycles. The number of carbonyl (C=O) groups is 1. The molecule has 158 valence electrons. The number of halogens is 2. The van der Waals surface area contributed by atoms with E-state index in [0.29, 0.717) is 0 Å². The molecule has 31 heavy (non-hydrogen) atoms. The first-order valence-corrected chi connectivity index (χ1v) is 10.9. The highest BCUT2D eigenvalue weighted by molar-refractivity contribution is 6.02. The highest BCUT2D eigenvalue weighted by Crippen LogP contribution is 2.45. The first kappa shape index (κ1) is 20.1. The topological polar surface area (TPSA) is 20.3 Å². The molecule has 0 N–H and O–H groups in total. The molecule has 0 atom stereocenters. The zero-order valence-corrected chi connectivity index (χ0v) is 17.4. The molecule has 1 heterocycles. The highest BCUT2D eigenvalue weighted by atomic mass is 19.1. The van der Waals surface area contributed by atoms with Crippen molar-refractivity contribution in [3.63, 3.8) is 0 Å². The Kier molecular flexibility index (Phi) is 5.19. The lowest BCUT2D eigenvalue weighted by molar-refractivity contribution is 0.0486. The molecule has 2 aliphatic rings. The Hall–Kier alpha value is -2.85. The normalized spacial score (nSPS) is 18.4. The second-order valence-electron chi connectivity index (χ2n) is 8.81. The van der Waals surface area contributed by atoms with Crippen LogP contribution in [0.2, 0.25) is 0 Å². The number of rotatable bonds is 3. The largest absolute Gasteiger partial charge is 0.294 e. The number of hydrogen-bond acceptors (Lipinski definition) is 2. The van der Waals surface area contributed by atoms with Gasteiger partial charge in [-0.3, -0.25) is 9.69 Å². The van der Waals surface area contributed by atoms with Gasteiger partial charge in [0.15, 0.2) is 5.78 Å². The van der Waals surface area contributed by atoms with Crippen LogP contribution in [-0.4, -0.2) is 23.8 Å². The van der Waals surface area contributed by atoms with Gasteiger partial charge in [-0.1, -0.05) is 48.5 Å². The number of piperidine rings is 1. The predicted octanol–water partition coefficient (Wildman–Crippen LogP) is 5.97. The van der Waals surface area contributed by atoms with Crippen LogP contribution in [-0.2, 0) is 6.42 Å².